The Labute approximate surface area is 115 Å². The van der Waals surface area contributed by atoms with Gasteiger partial charge in [0.15, 0.2) is 5.78 Å². The number of rotatable bonds is 3. The van der Waals surface area contributed by atoms with Gasteiger partial charge < -0.3 is 5.11 Å². The van der Waals surface area contributed by atoms with E-state index in [1.54, 1.807) is 17.4 Å². The molecular formula is C13H8O2S3. The Bertz CT molecular complexity index is 688. The van der Waals surface area contributed by atoms with E-state index in [4.69, 9.17) is 0 Å². The van der Waals surface area contributed by atoms with Crippen LogP contribution in [0.5, 0.6) is 0 Å². The van der Waals surface area contributed by atoms with Gasteiger partial charge in [-0.3, -0.25) is 4.79 Å². The maximum atomic E-state index is 11.8. The van der Waals surface area contributed by atoms with Gasteiger partial charge in [0.25, 0.3) is 0 Å². The minimum atomic E-state index is -0.153. The normalized spacial score (nSPS) is 12.1. The molecule has 0 aliphatic rings. The van der Waals surface area contributed by atoms with Gasteiger partial charge in [-0.1, -0.05) is 6.07 Å². The first-order valence-electron chi connectivity index (χ1n) is 5.20. The Morgan fingerprint density at radius 1 is 1.11 bits per heavy atom. The molecule has 3 rings (SSSR count). The second-order valence-electron chi connectivity index (χ2n) is 3.63. The molecule has 0 aliphatic carbocycles. The first kappa shape index (κ1) is 11.6. The highest BCUT2D eigenvalue weighted by Crippen LogP contribution is 2.33. The number of allylic oxidation sites excluding steroid dienone is 1. The highest BCUT2D eigenvalue weighted by Gasteiger charge is 2.10. The lowest BCUT2D eigenvalue weighted by molar-refractivity contribution is 0.105. The predicted octanol–water partition coefficient (Wildman–Crippen LogP) is 4.81. The van der Waals surface area contributed by atoms with Crippen molar-refractivity contribution in [2.45, 2.75) is 0 Å². The zero-order valence-electron chi connectivity index (χ0n) is 9.12. The quantitative estimate of drug-likeness (QED) is 0.427. The molecule has 0 saturated heterocycles. The summed E-state index contributed by atoms with van der Waals surface area (Å²) in [4.78, 5) is 13.2. The van der Waals surface area contributed by atoms with Crippen LogP contribution in [0.3, 0.4) is 0 Å². The highest BCUT2D eigenvalue weighted by atomic mass is 32.1. The highest BCUT2D eigenvalue weighted by molar-refractivity contribution is 7.27. The van der Waals surface area contributed by atoms with E-state index in [9.17, 15) is 9.90 Å². The van der Waals surface area contributed by atoms with Crippen LogP contribution in [0.2, 0.25) is 0 Å². The molecule has 5 heteroatoms. The second-order valence-corrected chi connectivity index (χ2v) is 6.61. The third kappa shape index (κ3) is 2.12. The van der Waals surface area contributed by atoms with Gasteiger partial charge in [0.1, 0.15) is 5.76 Å². The Kier molecular flexibility index (Phi) is 3.03. The minimum Gasteiger partial charge on any atom is -0.506 e. The third-order valence-corrected chi connectivity index (χ3v) is 5.42. The summed E-state index contributed by atoms with van der Waals surface area (Å²) in [5, 5.41) is 13.8. The molecule has 0 spiro atoms. The van der Waals surface area contributed by atoms with Crippen LogP contribution in [0.25, 0.3) is 15.2 Å². The largest absolute Gasteiger partial charge is 0.506 e. The smallest absolute Gasteiger partial charge is 0.199 e. The van der Waals surface area contributed by atoms with E-state index < -0.39 is 0 Å². The standard InChI is InChI=1S/C13H8O2S3/c14-8(10-2-1-4-16-10)6-9(15)12-7-13-11(18-12)3-5-17-13/h1-7,15H/b9-6-. The molecule has 0 amide bonds. The van der Waals surface area contributed by atoms with Gasteiger partial charge in [0.2, 0.25) is 0 Å². The molecule has 3 heterocycles. The molecule has 18 heavy (non-hydrogen) atoms. The van der Waals surface area contributed by atoms with Crippen molar-refractivity contribution in [2.75, 3.05) is 0 Å². The number of fused-ring (bicyclic) bond motifs is 1. The van der Waals surface area contributed by atoms with Crippen LogP contribution in [0, 0.1) is 0 Å². The zero-order chi connectivity index (χ0) is 12.5. The van der Waals surface area contributed by atoms with Gasteiger partial charge in [0, 0.05) is 15.5 Å². The lowest BCUT2D eigenvalue weighted by Gasteiger charge is -1.94. The van der Waals surface area contributed by atoms with Gasteiger partial charge in [0.05, 0.1) is 9.75 Å². The first-order valence-corrected chi connectivity index (χ1v) is 7.77. The number of carbonyl (C=O) groups is 1. The molecule has 0 radical (unpaired) electrons. The van der Waals surface area contributed by atoms with E-state index in [-0.39, 0.29) is 11.5 Å². The molecule has 0 saturated carbocycles. The van der Waals surface area contributed by atoms with Crippen LogP contribution >= 0.6 is 34.0 Å². The Morgan fingerprint density at radius 3 is 2.72 bits per heavy atom. The fourth-order valence-electron chi connectivity index (χ4n) is 1.58. The molecule has 1 N–H and O–H groups in total. The minimum absolute atomic E-state index is 0.0433. The Morgan fingerprint density at radius 2 is 2.00 bits per heavy atom. The van der Waals surface area contributed by atoms with E-state index in [1.807, 2.05) is 29.0 Å². The van der Waals surface area contributed by atoms with Crippen molar-refractivity contribution in [3.8, 4) is 0 Å². The van der Waals surface area contributed by atoms with Crippen molar-refractivity contribution in [3.05, 3.63) is 50.9 Å². The lowest BCUT2D eigenvalue weighted by Crippen LogP contribution is -1.91. The van der Waals surface area contributed by atoms with E-state index in [1.165, 1.54) is 28.7 Å². The summed E-state index contributed by atoms with van der Waals surface area (Å²) in [5.74, 6) is -0.110. The number of hydrogen-bond acceptors (Lipinski definition) is 5. The van der Waals surface area contributed by atoms with E-state index >= 15 is 0 Å². The van der Waals surface area contributed by atoms with Gasteiger partial charge in [-0.15, -0.1) is 34.0 Å². The molecule has 3 aromatic rings. The average molecular weight is 292 g/mol. The van der Waals surface area contributed by atoms with Crippen molar-refractivity contribution in [3.63, 3.8) is 0 Å². The summed E-state index contributed by atoms with van der Waals surface area (Å²) >= 11 is 4.50. The van der Waals surface area contributed by atoms with Crippen LogP contribution in [-0.2, 0) is 0 Å². The number of hydrogen-bond donors (Lipinski definition) is 1. The van der Waals surface area contributed by atoms with E-state index in [0.29, 0.717) is 4.88 Å². The van der Waals surface area contributed by atoms with Crippen molar-refractivity contribution in [2.24, 2.45) is 0 Å². The van der Waals surface area contributed by atoms with Crippen molar-refractivity contribution in [1.29, 1.82) is 0 Å². The molecule has 0 bridgehead atoms. The molecule has 0 unspecified atom stereocenters. The fourth-order valence-corrected chi connectivity index (χ4v) is 4.24. The molecule has 0 aliphatic heterocycles. The van der Waals surface area contributed by atoms with Crippen LogP contribution in [-0.4, -0.2) is 10.9 Å². The number of ketones is 1. The summed E-state index contributed by atoms with van der Waals surface area (Å²) < 4.78 is 2.28. The Hall–Kier alpha value is -1.43. The van der Waals surface area contributed by atoms with Gasteiger partial charge >= 0.3 is 0 Å². The van der Waals surface area contributed by atoms with E-state index in [2.05, 4.69) is 0 Å². The molecule has 0 aromatic carbocycles. The maximum Gasteiger partial charge on any atom is 0.199 e. The fraction of sp³-hybridized carbons (Fsp3) is 0. The monoisotopic (exact) mass is 292 g/mol. The second kappa shape index (κ2) is 4.68. The summed E-state index contributed by atoms with van der Waals surface area (Å²) in [6.45, 7) is 0. The van der Waals surface area contributed by atoms with Crippen molar-refractivity contribution >= 4 is 55.0 Å². The number of aliphatic hydroxyl groups excluding tert-OH is 1. The summed E-state index contributed by atoms with van der Waals surface area (Å²) in [5.41, 5.74) is 0. The van der Waals surface area contributed by atoms with Crippen molar-refractivity contribution in [1.82, 2.24) is 0 Å². The first-order chi connectivity index (χ1) is 8.74. The molecule has 0 fully saturated rings. The number of aliphatic hydroxyl groups is 1. The lowest BCUT2D eigenvalue weighted by atomic mass is 10.2. The van der Waals surface area contributed by atoms with Gasteiger partial charge in [-0.05, 0) is 29.0 Å². The van der Waals surface area contributed by atoms with Crippen LogP contribution in [0.1, 0.15) is 14.5 Å². The van der Waals surface area contributed by atoms with Gasteiger partial charge in [-0.25, -0.2) is 0 Å². The van der Waals surface area contributed by atoms with E-state index in [0.717, 1.165) is 14.3 Å². The topological polar surface area (TPSA) is 37.3 Å². The maximum absolute atomic E-state index is 11.8. The third-order valence-electron chi connectivity index (χ3n) is 2.42. The Balaban J connectivity index is 1.92. The van der Waals surface area contributed by atoms with Crippen molar-refractivity contribution < 1.29 is 9.90 Å². The predicted molar refractivity (Wildman–Crippen MR) is 79.0 cm³/mol. The molecule has 3 aromatic heterocycles. The van der Waals surface area contributed by atoms with Crippen LogP contribution in [0.15, 0.2) is 41.1 Å². The molecular weight excluding hydrogens is 284 g/mol. The molecule has 0 atom stereocenters. The zero-order valence-corrected chi connectivity index (χ0v) is 11.6. The summed E-state index contributed by atoms with van der Waals surface area (Å²) in [7, 11) is 0. The summed E-state index contributed by atoms with van der Waals surface area (Å²) in [6.07, 6.45) is 1.29. The number of thiophene rings is 3. The summed E-state index contributed by atoms with van der Waals surface area (Å²) in [6, 6.07) is 7.51. The average Bonchev–Trinajstić information content (AvgIpc) is 3.05. The van der Waals surface area contributed by atoms with Gasteiger partial charge in [-0.2, -0.15) is 0 Å². The van der Waals surface area contributed by atoms with Crippen LogP contribution < -0.4 is 0 Å². The molecule has 2 nitrogen and oxygen atoms in total. The molecule has 90 valence electrons. The van der Waals surface area contributed by atoms with Crippen LogP contribution in [0.4, 0.5) is 0 Å². The number of carbonyl (C=O) groups excluding carboxylic acids is 1. The SMILES string of the molecule is O=C(/C=C(\O)c1cc2sccc2s1)c1cccs1.